The number of pyridine rings is 1. The van der Waals surface area contributed by atoms with Gasteiger partial charge in [-0.25, -0.2) is 9.97 Å². The Balaban J connectivity index is 1.49. The highest BCUT2D eigenvalue weighted by Gasteiger charge is 2.40. The monoisotopic (exact) mass is 346 g/mol. The number of piperidine rings is 3. The molecule has 7 heteroatoms. The highest BCUT2D eigenvalue weighted by molar-refractivity contribution is 7.16. The van der Waals surface area contributed by atoms with E-state index in [0.29, 0.717) is 22.5 Å². The number of carbonyl (C=O) groups is 1. The van der Waals surface area contributed by atoms with Crippen LogP contribution in [0.2, 0.25) is 0 Å². The molecule has 3 aliphatic rings. The van der Waals surface area contributed by atoms with Gasteiger partial charge in [-0.05, 0) is 50.4 Å². The maximum absolute atomic E-state index is 13.2. The van der Waals surface area contributed by atoms with Gasteiger partial charge in [0.25, 0.3) is 5.91 Å². The van der Waals surface area contributed by atoms with Crippen molar-refractivity contribution in [2.24, 2.45) is 5.92 Å². The largest absolute Gasteiger partial charge is 0.345 e. The number of amides is 1. The fourth-order valence-corrected chi connectivity index (χ4v) is 4.64. The quantitative estimate of drug-likeness (QED) is 0.868. The number of fused-ring (bicyclic) bond motifs is 3. The molecule has 0 spiro atoms. The van der Waals surface area contributed by atoms with Crippen LogP contribution in [0.25, 0.3) is 10.4 Å². The van der Waals surface area contributed by atoms with E-state index in [-0.39, 0.29) is 11.9 Å². The molecule has 126 valence electrons. The lowest BCUT2D eigenvalue weighted by atomic mass is 9.79. The van der Waals surface area contributed by atoms with Crippen molar-refractivity contribution < 1.29 is 9.18 Å². The smallest absolute Gasteiger partial charge is 0.280 e. The molecule has 5 rings (SSSR count). The molecule has 2 bridgehead atoms. The van der Waals surface area contributed by atoms with E-state index < -0.39 is 5.95 Å². The molecule has 0 unspecified atom stereocenters. The minimum atomic E-state index is -0.534. The SMILES string of the molecule is C[C@H]1[C@H](NC(=O)c2ncc(-c3ccnc(F)c3)s2)C2CCN1CC2. The summed E-state index contributed by atoms with van der Waals surface area (Å²) in [6.45, 7) is 4.45. The zero-order valence-electron chi connectivity index (χ0n) is 13.4. The number of nitrogens with zero attached hydrogens (tertiary/aromatic N) is 3. The average Bonchev–Trinajstić information content (AvgIpc) is 3.09. The first-order valence-corrected chi connectivity index (χ1v) is 9.06. The second-order valence-electron chi connectivity index (χ2n) is 6.51. The van der Waals surface area contributed by atoms with E-state index >= 15 is 0 Å². The highest BCUT2D eigenvalue weighted by Crippen LogP contribution is 2.32. The van der Waals surface area contributed by atoms with E-state index in [9.17, 15) is 9.18 Å². The average molecular weight is 346 g/mol. The van der Waals surface area contributed by atoms with Crippen LogP contribution < -0.4 is 5.32 Å². The number of hydrogen-bond acceptors (Lipinski definition) is 5. The van der Waals surface area contributed by atoms with Crippen molar-refractivity contribution in [3.8, 4) is 10.4 Å². The number of aromatic nitrogens is 2. The number of carbonyl (C=O) groups excluding carboxylic acids is 1. The standard InChI is InChI=1S/C17H19FN4OS/c1-10-15(11-3-6-22(10)7-4-11)21-16(23)17-20-9-13(24-17)12-2-5-19-14(18)8-12/h2,5,8-11,15H,3-4,6-7H2,1H3,(H,21,23)/t10-,15-/m0/s1. The summed E-state index contributed by atoms with van der Waals surface area (Å²) in [5, 5.41) is 3.60. The van der Waals surface area contributed by atoms with Crippen LogP contribution >= 0.6 is 11.3 Å². The molecule has 0 aromatic carbocycles. The van der Waals surface area contributed by atoms with Gasteiger partial charge in [-0.1, -0.05) is 0 Å². The Morgan fingerprint density at radius 2 is 2.17 bits per heavy atom. The lowest BCUT2D eigenvalue weighted by Crippen LogP contribution is -2.62. The summed E-state index contributed by atoms with van der Waals surface area (Å²) in [6.07, 6.45) is 5.33. The van der Waals surface area contributed by atoms with Crippen LogP contribution in [0.4, 0.5) is 4.39 Å². The van der Waals surface area contributed by atoms with Crippen molar-refractivity contribution in [1.82, 2.24) is 20.2 Å². The Hall–Kier alpha value is -1.86. The Labute approximate surface area is 143 Å². The van der Waals surface area contributed by atoms with E-state index in [0.717, 1.165) is 30.8 Å². The normalized spacial score (nSPS) is 28.8. The van der Waals surface area contributed by atoms with E-state index in [1.54, 1.807) is 12.3 Å². The van der Waals surface area contributed by atoms with E-state index in [1.807, 2.05) is 0 Å². The van der Waals surface area contributed by atoms with Crippen molar-refractivity contribution in [3.05, 3.63) is 35.5 Å². The first-order valence-electron chi connectivity index (χ1n) is 8.24. The van der Waals surface area contributed by atoms with Crippen LogP contribution in [0.3, 0.4) is 0 Å². The third kappa shape index (κ3) is 2.82. The van der Waals surface area contributed by atoms with Crippen molar-refractivity contribution in [3.63, 3.8) is 0 Å². The van der Waals surface area contributed by atoms with Crippen LogP contribution in [0.15, 0.2) is 24.5 Å². The number of rotatable bonds is 3. The molecule has 1 N–H and O–H groups in total. The Morgan fingerprint density at radius 1 is 1.38 bits per heavy atom. The van der Waals surface area contributed by atoms with Gasteiger partial charge in [-0.15, -0.1) is 11.3 Å². The summed E-state index contributed by atoms with van der Waals surface area (Å²) >= 11 is 1.28. The van der Waals surface area contributed by atoms with Crippen LogP contribution in [0.1, 0.15) is 29.6 Å². The molecule has 5 heterocycles. The molecular formula is C17H19FN4OS. The molecule has 3 saturated heterocycles. The molecule has 2 aromatic heterocycles. The van der Waals surface area contributed by atoms with Gasteiger partial charge in [0.15, 0.2) is 5.01 Å². The topological polar surface area (TPSA) is 58.1 Å². The van der Waals surface area contributed by atoms with Gasteiger partial charge in [0.2, 0.25) is 5.95 Å². The number of thiazole rings is 1. The maximum Gasteiger partial charge on any atom is 0.280 e. The summed E-state index contributed by atoms with van der Waals surface area (Å²) in [6, 6.07) is 3.62. The minimum absolute atomic E-state index is 0.133. The molecule has 3 fully saturated rings. The molecule has 0 aliphatic carbocycles. The van der Waals surface area contributed by atoms with E-state index in [1.165, 1.54) is 23.6 Å². The van der Waals surface area contributed by atoms with Crippen molar-refractivity contribution >= 4 is 17.2 Å². The molecule has 1 amide bonds. The number of hydrogen-bond donors (Lipinski definition) is 1. The summed E-state index contributed by atoms with van der Waals surface area (Å²) in [7, 11) is 0. The van der Waals surface area contributed by atoms with Crippen LogP contribution in [0, 0.1) is 11.9 Å². The number of halogens is 1. The molecule has 0 saturated carbocycles. The Kier molecular flexibility index (Phi) is 4.05. The first-order chi connectivity index (χ1) is 11.6. The predicted molar refractivity (Wildman–Crippen MR) is 90.3 cm³/mol. The zero-order chi connectivity index (χ0) is 16.7. The number of nitrogens with one attached hydrogen (secondary N) is 1. The molecule has 5 nitrogen and oxygen atoms in total. The van der Waals surface area contributed by atoms with Crippen LogP contribution in [-0.4, -0.2) is 45.9 Å². The van der Waals surface area contributed by atoms with Crippen molar-refractivity contribution in [2.75, 3.05) is 13.1 Å². The van der Waals surface area contributed by atoms with Gasteiger partial charge in [-0.3, -0.25) is 9.69 Å². The van der Waals surface area contributed by atoms with Gasteiger partial charge >= 0.3 is 0 Å². The fraction of sp³-hybridized carbons (Fsp3) is 0.471. The summed E-state index contributed by atoms with van der Waals surface area (Å²) in [4.78, 5) is 23.6. The maximum atomic E-state index is 13.2. The van der Waals surface area contributed by atoms with E-state index in [2.05, 4.69) is 27.1 Å². The molecular weight excluding hydrogens is 327 g/mol. The lowest BCUT2D eigenvalue weighted by molar-refractivity contribution is 0.0217. The first kappa shape index (κ1) is 15.7. The van der Waals surface area contributed by atoms with Gasteiger partial charge in [0, 0.05) is 30.5 Å². The van der Waals surface area contributed by atoms with Gasteiger partial charge in [0.1, 0.15) is 0 Å². The molecule has 3 aliphatic heterocycles. The molecule has 24 heavy (non-hydrogen) atoms. The zero-order valence-corrected chi connectivity index (χ0v) is 14.2. The summed E-state index contributed by atoms with van der Waals surface area (Å²) in [5.74, 6) is -0.109. The van der Waals surface area contributed by atoms with E-state index in [4.69, 9.17) is 0 Å². The summed E-state index contributed by atoms with van der Waals surface area (Å²) < 4.78 is 13.2. The minimum Gasteiger partial charge on any atom is -0.345 e. The fourth-order valence-electron chi connectivity index (χ4n) is 3.83. The Morgan fingerprint density at radius 3 is 2.88 bits per heavy atom. The second-order valence-corrected chi connectivity index (χ2v) is 7.54. The third-order valence-corrected chi connectivity index (χ3v) is 6.23. The van der Waals surface area contributed by atoms with Gasteiger partial charge in [-0.2, -0.15) is 4.39 Å². The lowest BCUT2D eigenvalue weighted by Gasteiger charge is -2.49. The molecule has 2 aromatic rings. The second kappa shape index (κ2) is 6.22. The highest BCUT2D eigenvalue weighted by atomic mass is 32.1. The molecule has 2 atom stereocenters. The predicted octanol–water partition coefficient (Wildman–Crippen LogP) is 2.56. The summed E-state index contributed by atoms with van der Waals surface area (Å²) in [5.41, 5.74) is 0.690. The van der Waals surface area contributed by atoms with Crippen LogP contribution in [0.5, 0.6) is 0 Å². The van der Waals surface area contributed by atoms with Gasteiger partial charge in [0.05, 0.1) is 4.88 Å². The van der Waals surface area contributed by atoms with Crippen LogP contribution in [-0.2, 0) is 0 Å². The molecule has 0 radical (unpaired) electrons. The van der Waals surface area contributed by atoms with Crippen molar-refractivity contribution in [1.29, 1.82) is 0 Å². The van der Waals surface area contributed by atoms with Gasteiger partial charge < -0.3 is 5.32 Å². The third-order valence-electron chi connectivity index (χ3n) is 5.19. The Bertz CT molecular complexity index is 755. The van der Waals surface area contributed by atoms with Crippen molar-refractivity contribution in [2.45, 2.75) is 31.8 Å².